The zero-order chi connectivity index (χ0) is 33.8. The van der Waals surface area contributed by atoms with Gasteiger partial charge in [0.1, 0.15) is 24.1 Å². The van der Waals surface area contributed by atoms with E-state index in [1.165, 1.54) is 11.3 Å². The highest BCUT2D eigenvalue weighted by Crippen LogP contribution is 2.39. The van der Waals surface area contributed by atoms with Gasteiger partial charge in [0.2, 0.25) is 0 Å². The lowest BCUT2D eigenvalue weighted by atomic mass is 9.93. The number of ether oxygens (including phenoxy) is 4. The van der Waals surface area contributed by atoms with Crippen molar-refractivity contribution >= 4 is 50.9 Å². The Balaban J connectivity index is 1.65. The molecule has 1 aromatic heterocycles. The average molecular weight is 741 g/mol. The average Bonchev–Trinajstić information content (AvgIpc) is 3.37. The minimum absolute atomic E-state index is 0.193. The van der Waals surface area contributed by atoms with Gasteiger partial charge in [-0.15, -0.1) is 0 Å². The van der Waals surface area contributed by atoms with Crippen LogP contribution in [0.3, 0.4) is 0 Å². The SMILES string of the molecule is CCN(CC)C(=O)C1=C(C)N=c2s/c(=C/c3cc(Br)c(OCc4ccccc4Cl)c(OC)c3)c(=O)n2[C@H]1c1cc(OC)ccc1OC. The monoisotopic (exact) mass is 739 g/mol. The second kappa shape index (κ2) is 14.8. The summed E-state index contributed by atoms with van der Waals surface area (Å²) in [6.07, 6.45) is 1.78. The minimum Gasteiger partial charge on any atom is -0.497 e. The second-order valence-electron chi connectivity index (χ2n) is 10.6. The van der Waals surface area contributed by atoms with Crippen LogP contribution in [-0.2, 0) is 11.4 Å². The summed E-state index contributed by atoms with van der Waals surface area (Å²) < 4.78 is 25.7. The van der Waals surface area contributed by atoms with E-state index in [4.69, 9.17) is 35.5 Å². The third-order valence-corrected chi connectivity index (χ3v) is 9.85. The number of carbonyl (C=O) groups excluding carboxylic acids is 1. The molecule has 0 radical (unpaired) electrons. The summed E-state index contributed by atoms with van der Waals surface area (Å²) >= 11 is 11.2. The lowest BCUT2D eigenvalue weighted by molar-refractivity contribution is -0.127. The summed E-state index contributed by atoms with van der Waals surface area (Å²) in [5.74, 6) is 1.88. The van der Waals surface area contributed by atoms with Gasteiger partial charge in [-0.25, -0.2) is 4.99 Å². The van der Waals surface area contributed by atoms with Crippen LogP contribution in [0.25, 0.3) is 6.08 Å². The number of benzene rings is 3. The molecule has 0 spiro atoms. The van der Waals surface area contributed by atoms with Crippen LogP contribution in [-0.4, -0.2) is 49.8 Å². The van der Waals surface area contributed by atoms with Crippen molar-refractivity contribution in [3.05, 3.63) is 112 Å². The normalized spacial score (nSPS) is 14.4. The number of hydrogen-bond donors (Lipinski definition) is 0. The third kappa shape index (κ3) is 6.83. The molecule has 1 atom stereocenters. The minimum atomic E-state index is -0.798. The fourth-order valence-corrected chi connectivity index (χ4v) is 7.31. The predicted molar refractivity (Wildman–Crippen MR) is 188 cm³/mol. The molecule has 1 aliphatic heterocycles. The molecule has 0 saturated carbocycles. The number of allylic oxidation sites excluding steroid dienone is 1. The second-order valence-corrected chi connectivity index (χ2v) is 12.9. The molecule has 3 aromatic carbocycles. The smallest absolute Gasteiger partial charge is 0.271 e. The Kier molecular flexibility index (Phi) is 10.8. The molecule has 4 aromatic rings. The Morgan fingerprint density at radius 1 is 1.04 bits per heavy atom. The fraction of sp³-hybridized carbons (Fsp3) is 0.286. The molecule has 12 heteroatoms. The highest BCUT2D eigenvalue weighted by atomic mass is 79.9. The number of nitrogens with zero attached hydrogens (tertiary/aromatic N) is 3. The van der Waals surface area contributed by atoms with Crippen LogP contribution in [0.15, 0.2) is 80.1 Å². The predicted octanol–water partition coefficient (Wildman–Crippen LogP) is 6.12. The summed E-state index contributed by atoms with van der Waals surface area (Å²) in [6, 6.07) is 15.7. The van der Waals surface area contributed by atoms with Crippen LogP contribution in [0, 0.1) is 0 Å². The van der Waals surface area contributed by atoms with Gasteiger partial charge in [-0.2, -0.15) is 0 Å². The van der Waals surface area contributed by atoms with Crippen LogP contribution in [0.5, 0.6) is 23.0 Å². The molecule has 9 nitrogen and oxygen atoms in total. The number of carbonyl (C=O) groups is 1. The standard InChI is InChI=1S/C35H35BrClN3O6S/c1-7-39(8-2)34(42)30-20(3)38-35-40(31(30)24-18-23(43-4)13-14-27(24)44-5)33(41)29(47-35)17-21-15-25(36)32(28(16-21)45-6)46-19-22-11-9-10-12-26(22)37/h9-18,31H,7-8,19H2,1-6H3/b29-17+/t31-/m0/s1. The van der Waals surface area contributed by atoms with Crippen molar-refractivity contribution in [2.24, 2.45) is 4.99 Å². The van der Waals surface area contributed by atoms with Crippen molar-refractivity contribution in [3.63, 3.8) is 0 Å². The summed E-state index contributed by atoms with van der Waals surface area (Å²) in [4.78, 5) is 35.3. The molecule has 0 unspecified atom stereocenters. The Bertz CT molecular complexity index is 2040. The van der Waals surface area contributed by atoms with E-state index in [9.17, 15) is 9.59 Å². The summed E-state index contributed by atoms with van der Waals surface area (Å²) in [5, 5.41) is 0.608. The van der Waals surface area contributed by atoms with Gasteiger partial charge in [0, 0.05) is 29.2 Å². The molecule has 1 aliphatic rings. The Hall–Kier alpha value is -4.06. The molecule has 47 heavy (non-hydrogen) atoms. The van der Waals surface area contributed by atoms with Crippen molar-refractivity contribution in [1.82, 2.24) is 9.47 Å². The lowest BCUT2D eigenvalue weighted by Crippen LogP contribution is -2.43. The quantitative estimate of drug-likeness (QED) is 0.184. The van der Waals surface area contributed by atoms with E-state index in [0.717, 1.165) is 5.56 Å². The maximum atomic E-state index is 14.3. The zero-order valence-electron chi connectivity index (χ0n) is 26.9. The van der Waals surface area contributed by atoms with Gasteiger partial charge < -0.3 is 23.8 Å². The Morgan fingerprint density at radius 3 is 2.43 bits per heavy atom. The maximum Gasteiger partial charge on any atom is 0.271 e. The number of rotatable bonds is 11. The molecule has 2 heterocycles. The largest absolute Gasteiger partial charge is 0.497 e. The Morgan fingerprint density at radius 2 is 1.77 bits per heavy atom. The van der Waals surface area contributed by atoms with Crippen LogP contribution >= 0.6 is 38.9 Å². The van der Waals surface area contributed by atoms with E-state index in [1.807, 2.05) is 44.2 Å². The zero-order valence-corrected chi connectivity index (χ0v) is 30.1. The number of amides is 1. The first-order valence-electron chi connectivity index (χ1n) is 14.9. The van der Waals surface area contributed by atoms with Gasteiger partial charge in [0.05, 0.1) is 41.6 Å². The maximum absolute atomic E-state index is 14.3. The number of fused-ring (bicyclic) bond motifs is 1. The molecule has 1 amide bonds. The highest BCUT2D eigenvalue weighted by molar-refractivity contribution is 9.10. The van der Waals surface area contributed by atoms with Crippen LogP contribution in [0.2, 0.25) is 5.02 Å². The van der Waals surface area contributed by atoms with Crippen molar-refractivity contribution in [2.75, 3.05) is 34.4 Å². The summed E-state index contributed by atoms with van der Waals surface area (Å²) in [5.41, 5.74) is 2.81. The van der Waals surface area contributed by atoms with Crippen LogP contribution in [0.1, 0.15) is 43.5 Å². The molecule has 0 fully saturated rings. The molecule has 0 saturated heterocycles. The van der Waals surface area contributed by atoms with E-state index >= 15 is 0 Å². The molecule has 0 bridgehead atoms. The number of likely N-dealkylation sites (N-methyl/N-ethyl adjacent to an activating group) is 1. The molecule has 0 aliphatic carbocycles. The van der Waals surface area contributed by atoms with Gasteiger partial charge in [-0.3, -0.25) is 14.2 Å². The third-order valence-electron chi connectivity index (χ3n) is 7.91. The summed E-state index contributed by atoms with van der Waals surface area (Å²) in [6.45, 7) is 6.91. The highest BCUT2D eigenvalue weighted by Gasteiger charge is 2.36. The van der Waals surface area contributed by atoms with E-state index in [0.29, 0.717) is 77.3 Å². The van der Waals surface area contributed by atoms with Crippen molar-refractivity contribution < 1.29 is 23.7 Å². The van der Waals surface area contributed by atoms with Gasteiger partial charge in [-0.05, 0) is 84.7 Å². The molecule has 246 valence electrons. The number of halogens is 2. The van der Waals surface area contributed by atoms with Gasteiger partial charge in [0.15, 0.2) is 16.3 Å². The van der Waals surface area contributed by atoms with Crippen molar-refractivity contribution in [3.8, 4) is 23.0 Å². The van der Waals surface area contributed by atoms with E-state index < -0.39 is 6.04 Å². The van der Waals surface area contributed by atoms with Crippen LogP contribution in [0.4, 0.5) is 0 Å². The van der Waals surface area contributed by atoms with E-state index in [2.05, 4.69) is 15.9 Å². The van der Waals surface area contributed by atoms with Gasteiger partial charge >= 0.3 is 0 Å². The van der Waals surface area contributed by atoms with E-state index in [1.54, 1.807) is 68.1 Å². The first-order valence-corrected chi connectivity index (χ1v) is 16.9. The Labute approximate surface area is 290 Å². The van der Waals surface area contributed by atoms with Gasteiger partial charge in [-0.1, -0.05) is 41.1 Å². The summed E-state index contributed by atoms with van der Waals surface area (Å²) in [7, 11) is 4.69. The topological polar surface area (TPSA) is 91.6 Å². The molecular formula is C35H35BrClN3O6S. The number of methoxy groups -OCH3 is 3. The molecule has 5 rings (SSSR count). The van der Waals surface area contributed by atoms with Crippen molar-refractivity contribution in [2.45, 2.75) is 33.4 Å². The first kappa shape index (κ1) is 34.3. The van der Waals surface area contributed by atoms with Gasteiger partial charge in [0.25, 0.3) is 11.5 Å². The van der Waals surface area contributed by atoms with Crippen molar-refractivity contribution in [1.29, 1.82) is 0 Å². The molecular weight excluding hydrogens is 706 g/mol. The number of aromatic nitrogens is 1. The number of thiazole rings is 1. The first-order chi connectivity index (χ1) is 22.6. The van der Waals surface area contributed by atoms with E-state index in [-0.39, 0.29) is 18.1 Å². The fourth-order valence-electron chi connectivity index (χ4n) is 5.50. The lowest BCUT2D eigenvalue weighted by Gasteiger charge is -2.30. The van der Waals surface area contributed by atoms with Crippen LogP contribution < -0.4 is 33.8 Å². The molecule has 0 N–H and O–H groups in total. The number of hydrogen-bond acceptors (Lipinski definition) is 8.